The van der Waals surface area contributed by atoms with Gasteiger partial charge >= 0.3 is 6.16 Å². The van der Waals surface area contributed by atoms with Gasteiger partial charge in [0.1, 0.15) is 5.82 Å². The van der Waals surface area contributed by atoms with Gasteiger partial charge in [0.25, 0.3) is 0 Å². The Morgan fingerprint density at radius 3 is 2.70 bits per heavy atom. The van der Waals surface area contributed by atoms with Crippen LogP contribution in [-0.4, -0.2) is 27.5 Å². The fourth-order valence-electron chi connectivity index (χ4n) is 2.89. The number of aliphatic hydroxyl groups excluding tert-OH is 1. The minimum atomic E-state index is -1.61. The van der Waals surface area contributed by atoms with Crippen LogP contribution in [0.3, 0.4) is 0 Å². The number of aliphatic hydroxyl groups is 1. The zero-order valence-electron chi connectivity index (χ0n) is 14.0. The lowest BCUT2D eigenvalue weighted by atomic mass is 10.0. The molecule has 0 radical (unpaired) electrons. The monoisotopic (exact) mass is 391 g/mol. The van der Waals surface area contributed by atoms with Crippen LogP contribution < -0.4 is 10.2 Å². The number of carboxylic acid groups (broad SMARTS) is 1. The van der Waals surface area contributed by atoms with E-state index in [1.807, 2.05) is 0 Å². The van der Waals surface area contributed by atoms with Crippen molar-refractivity contribution in [2.75, 3.05) is 6.61 Å². The second-order valence-corrected chi connectivity index (χ2v) is 6.24. The molecule has 0 aliphatic rings. The second kappa shape index (κ2) is 7.77. The van der Waals surface area contributed by atoms with Crippen LogP contribution in [0.5, 0.6) is 5.75 Å². The molecule has 3 aromatic rings. The van der Waals surface area contributed by atoms with Crippen LogP contribution in [-0.2, 0) is 13.0 Å². The fourth-order valence-corrected chi connectivity index (χ4v) is 3.12. The molecule has 0 atom stereocenters. The van der Waals surface area contributed by atoms with E-state index in [2.05, 4.69) is 4.74 Å². The number of rotatable bonds is 5. The molecular weight excluding hydrogens is 377 g/mol. The first-order valence-corrected chi connectivity index (χ1v) is 8.39. The van der Waals surface area contributed by atoms with E-state index in [9.17, 15) is 19.1 Å². The number of carbonyl (C=O) groups is 1. The quantitative estimate of drug-likeness (QED) is 0.650. The number of pyridine rings is 1. The molecule has 8 heteroatoms. The number of aromatic nitrogens is 1. The van der Waals surface area contributed by atoms with E-state index in [-0.39, 0.29) is 35.7 Å². The lowest BCUT2D eigenvalue weighted by Gasteiger charge is -2.13. The summed E-state index contributed by atoms with van der Waals surface area (Å²) >= 11 is 6.06. The van der Waals surface area contributed by atoms with E-state index < -0.39 is 17.4 Å². The van der Waals surface area contributed by atoms with Crippen LogP contribution in [0.15, 0.2) is 47.4 Å². The maximum atomic E-state index is 14.0. The summed E-state index contributed by atoms with van der Waals surface area (Å²) in [5, 5.41) is 18.5. The first kappa shape index (κ1) is 18.9. The van der Waals surface area contributed by atoms with Gasteiger partial charge in [-0.15, -0.1) is 0 Å². The van der Waals surface area contributed by atoms with E-state index >= 15 is 0 Å². The molecule has 0 aliphatic heterocycles. The average Bonchev–Trinajstić information content (AvgIpc) is 2.62. The third-order valence-corrected chi connectivity index (χ3v) is 4.45. The predicted molar refractivity (Wildman–Crippen MR) is 98.2 cm³/mol. The molecule has 2 N–H and O–H groups in total. The first-order valence-electron chi connectivity index (χ1n) is 8.01. The highest BCUT2D eigenvalue weighted by Gasteiger charge is 2.15. The number of fused-ring (bicyclic) bond motifs is 1. The Balaban J connectivity index is 2.14. The number of ether oxygens (including phenoxy) is 1. The largest absolute Gasteiger partial charge is 0.511 e. The highest BCUT2D eigenvalue weighted by atomic mass is 35.5. The SMILES string of the molecule is O=C(O)Oc1cn(CCO)c2ccc(Cc3c(F)cccc3Cl)cc2c1=O. The third-order valence-electron chi connectivity index (χ3n) is 4.09. The number of hydrogen-bond acceptors (Lipinski definition) is 4. The zero-order valence-corrected chi connectivity index (χ0v) is 14.7. The Kier molecular flexibility index (Phi) is 5.43. The van der Waals surface area contributed by atoms with Gasteiger partial charge in [-0.1, -0.05) is 23.7 Å². The van der Waals surface area contributed by atoms with Crippen LogP contribution in [0.2, 0.25) is 5.02 Å². The molecule has 0 aliphatic carbocycles. The standard InChI is InChI=1S/C19H15ClFNO5/c20-14-2-1-3-15(21)12(14)8-11-4-5-16-13(9-11)18(24)17(27-19(25)26)10-22(16)6-7-23/h1-5,9-10,23H,6-8H2,(H,25,26). The molecular formula is C19H15ClFNO5. The van der Waals surface area contributed by atoms with Crippen LogP contribution in [0.1, 0.15) is 11.1 Å². The van der Waals surface area contributed by atoms with Crippen LogP contribution in [0.4, 0.5) is 9.18 Å². The van der Waals surface area contributed by atoms with E-state index in [0.717, 1.165) is 0 Å². The van der Waals surface area contributed by atoms with Gasteiger partial charge < -0.3 is 19.5 Å². The summed E-state index contributed by atoms with van der Waals surface area (Å²) in [5.74, 6) is -0.826. The maximum Gasteiger partial charge on any atom is 0.511 e. The van der Waals surface area contributed by atoms with Gasteiger partial charge in [0.15, 0.2) is 5.75 Å². The number of benzene rings is 2. The van der Waals surface area contributed by atoms with Gasteiger partial charge in [-0.2, -0.15) is 0 Å². The topological polar surface area (TPSA) is 88.8 Å². The van der Waals surface area contributed by atoms with Gasteiger partial charge in [-0.3, -0.25) is 4.79 Å². The second-order valence-electron chi connectivity index (χ2n) is 5.84. The normalized spacial score (nSPS) is 10.9. The van der Waals surface area contributed by atoms with Crippen molar-refractivity contribution in [2.45, 2.75) is 13.0 Å². The maximum absolute atomic E-state index is 14.0. The smallest absolute Gasteiger partial charge is 0.449 e. The Labute approximate surface area is 158 Å². The van der Waals surface area contributed by atoms with Gasteiger partial charge in [-0.05, 0) is 29.8 Å². The molecule has 2 aromatic carbocycles. The van der Waals surface area contributed by atoms with Gasteiger partial charge in [0.2, 0.25) is 5.43 Å². The Morgan fingerprint density at radius 1 is 1.26 bits per heavy atom. The third kappa shape index (κ3) is 3.94. The van der Waals surface area contributed by atoms with Crippen molar-refractivity contribution in [1.82, 2.24) is 4.57 Å². The lowest BCUT2D eigenvalue weighted by Crippen LogP contribution is -2.17. The van der Waals surface area contributed by atoms with Crippen molar-refractivity contribution >= 4 is 28.7 Å². The van der Waals surface area contributed by atoms with Crippen molar-refractivity contribution in [3.8, 4) is 5.75 Å². The van der Waals surface area contributed by atoms with Crippen molar-refractivity contribution < 1.29 is 24.1 Å². The average molecular weight is 392 g/mol. The summed E-state index contributed by atoms with van der Waals surface area (Å²) in [7, 11) is 0. The Bertz CT molecular complexity index is 1060. The van der Waals surface area contributed by atoms with E-state index in [4.69, 9.17) is 16.7 Å². The molecule has 1 heterocycles. The van der Waals surface area contributed by atoms with Gasteiger partial charge in [0, 0.05) is 28.9 Å². The summed E-state index contributed by atoms with van der Waals surface area (Å²) in [4.78, 5) is 23.4. The highest BCUT2D eigenvalue weighted by Crippen LogP contribution is 2.24. The summed E-state index contributed by atoms with van der Waals surface area (Å²) in [6.07, 6.45) is -0.218. The molecule has 0 fully saturated rings. The van der Waals surface area contributed by atoms with Crippen molar-refractivity contribution in [3.63, 3.8) is 0 Å². The minimum absolute atomic E-state index is 0.144. The van der Waals surface area contributed by atoms with Crippen molar-refractivity contribution in [3.05, 3.63) is 74.8 Å². The highest BCUT2D eigenvalue weighted by molar-refractivity contribution is 6.31. The van der Waals surface area contributed by atoms with Crippen LogP contribution in [0, 0.1) is 5.82 Å². The molecule has 140 valence electrons. The molecule has 27 heavy (non-hydrogen) atoms. The minimum Gasteiger partial charge on any atom is -0.449 e. The van der Waals surface area contributed by atoms with Crippen LogP contribution >= 0.6 is 11.6 Å². The number of nitrogens with zero attached hydrogens (tertiary/aromatic N) is 1. The van der Waals surface area contributed by atoms with E-state index in [1.165, 1.54) is 22.9 Å². The van der Waals surface area contributed by atoms with Gasteiger partial charge in [-0.25, -0.2) is 9.18 Å². The van der Waals surface area contributed by atoms with Gasteiger partial charge in [0.05, 0.1) is 18.3 Å². The molecule has 1 aromatic heterocycles. The molecule has 6 nitrogen and oxygen atoms in total. The first-order chi connectivity index (χ1) is 12.9. The lowest BCUT2D eigenvalue weighted by molar-refractivity contribution is 0.143. The van der Waals surface area contributed by atoms with Crippen molar-refractivity contribution in [1.29, 1.82) is 0 Å². The molecule has 0 saturated heterocycles. The number of halogens is 2. The van der Waals surface area contributed by atoms with Crippen molar-refractivity contribution in [2.24, 2.45) is 0 Å². The molecule has 3 rings (SSSR count). The molecule has 0 amide bonds. The summed E-state index contributed by atoms with van der Waals surface area (Å²) in [6.45, 7) is -0.0671. The molecule has 0 bridgehead atoms. The molecule has 0 saturated carbocycles. The molecule has 0 unspecified atom stereocenters. The zero-order chi connectivity index (χ0) is 19.6. The Morgan fingerprint density at radius 2 is 2.04 bits per heavy atom. The van der Waals surface area contributed by atoms with E-state index in [0.29, 0.717) is 16.6 Å². The fraction of sp³-hybridized carbons (Fsp3) is 0.158. The molecule has 0 spiro atoms. The van der Waals surface area contributed by atoms with Crippen LogP contribution in [0.25, 0.3) is 10.9 Å². The summed E-state index contributed by atoms with van der Waals surface area (Å²) < 4.78 is 20.1. The predicted octanol–water partition coefficient (Wildman–Crippen LogP) is 3.43. The summed E-state index contributed by atoms with van der Waals surface area (Å²) in [6, 6.07) is 9.30. The van der Waals surface area contributed by atoms with E-state index in [1.54, 1.807) is 24.3 Å². The summed E-state index contributed by atoms with van der Waals surface area (Å²) in [5.41, 5.74) is 0.806. The Hall–Kier alpha value is -2.90. The number of hydrogen-bond donors (Lipinski definition) is 2.